The molecule has 0 aliphatic heterocycles. The Morgan fingerprint density at radius 2 is 1.53 bits per heavy atom. The van der Waals surface area contributed by atoms with Gasteiger partial charge in [0.25, 0.3) is 0 Å². The molecule has 3 aromatic carbocycles. The molecule has 0 atom stereocenters. The number of ether oxygens (including phenoxy) is 2. The predicted molar refractivity (Wildman–Crippen MR) is 127 cm³/mol. The molecular formula is C26H26N2O4. The summed E-state index contributed by atoms with van der Waals surface area (Å²) in [6.07, 6.45) is 3.15. The van der Waals surface area contributed by atoms with Gasteiger partial charge in [-0.25, -0.2) is 0 Å². The van der Waals surface area contributed by atoms with Crippen molar-refractivity contribution in [3.05, 3.63) is 89.5 Å². The fraction of sp³-hybridized carbons (Fsp3) is 0.154. The van der Waals surface area contributed by atoms with Gasteiger partial charge in [0.1, 0.15) is 6.61 Å². The summed E-state index contributed by atoms with van der Waals surface area (Å²) in [6.45, 7) is 3.93. The first-order valence-corrected chi connectivity index (χ1v) is 10.2. The van der Waals surface area contributed by atoms with Gasteiger partial charge < -0.3 is 20.1 Å². The van der Waals surface area contributed by atoms with Gasteiger partial charge in [-0.15, -0.1) is 0 Å². The molecule has 32 heavy (non-hydrogen) atoms. The third-order valence-corrected chi connectivity index (χ3v) is 4.60. The third kappa shape index (κ3) is 6.74. The molecule has 0 spiro atoms. The van der Waals surface area contributed by atoms with Crippen LogP contribution in [0.2, 0.25) is 0 Å². The summed E-state index contributed by atoms with van der Waals surface area (Å²) in [4.78, 5) is 23.3. The van der Waals surface area contributed by atoms with Crippen molar-refractivity contribution < 1.29 is 19.1 Å². The van der Waals surface area contributed by atoms with Crippen molar-refractivity contribution in [2.24, 2.45) is 0 Å². The molecule has 0 aliphatic carbocycles. The minimum absolute atomic E-state index is 0.147. The molecule has 0 fully saturated rings. The van der Waals surface area contributed by atoms with Crippen molar-refractivity contribution >= 4 is 29.3 Å². The molecule has 0 bridgehead atoms. The van der Waals surface area contributed by atoms with Crippen molar-refractivity contribution in [2.45, 2.75) is 20.5 Å². The largest absolute Gasteiger partial charge is 0.493 e. The number of methoxy groups -OCH3 is 1. The van der Waals surface area contributed by atoms with Gasteiger partial charge >= 0.3 is 0 Å². The van der Waals surface area contributed by atoms with Crippen LogP contribution >= 0.6 is 0 Å². The molecule has 3 aromatic rings. The predicted octanol–water partition coefficient (Wildman–Crippen LogP) is 5.19. The molecule has 6 heteroatoms. The van der Waals surface area contributed by atoms with Crippen LogP contribution in [0.15, 0.2) is 72.8 Å². The SMILES string of the molecule is COc1cc(C=CC(=O)Nc2ccc(NC(C)=O)cc2)ccc1OCc1ccc(C)cc1. The van der Waals surface area contributed by atoms with E-state index in [2.05, 4.69) is 10.6 Å². The standard InChI is InChI=1S/C26H26N2O4/c1-18-4-6-21(7-5-18)17-32-24-14-8-20(16-25(24)31-3)9-15-26(30)28-23-12-10-22(11-13-23)27-19(2)29/h4-16H,17H2,1-3H3,(H,27,29)(H,28,30). The van der Waals surface area contributed by atoms with Gasteiger partial charge in [0.05, 0.1) is 7.11 Å². The maximum absolute atomic E-state index is 12.2. The lowest BCUT2D eigenvalue weighted by Gasteiger charge is -2.11. The molecule has 164 valence electrons. The van der Waals surface area contributed by atoms with E-state index in [0.717, 1.165) is 11.1 Å². The molecule has 2 amide bonds. The highest BCUT2D eigenvalue weighted by molar-refractivity contribution is 6.02. The van der Waals surface area contributed by atoms with Gasteiger partial charge in [0, 0.05) is 24.4 Å². The minimum atomic E-state index is -0.268. The van der Waals surface area contributed by atoms with Gasteiger partial charge in [0.15, 0.2) is 11.5 Å². The van der Waals surface area contributed by atoms with E-state index < -0.39 is 0 Å². The fourth-order valence-corrected chi connectivity index (χ4v) is 2.95. The number of amides is 2. The molecule has 6 nitrogen and oxygen atoms in total. The van der Waals surface area contributed by atoms with E-state index in [1.807, 2.05) is 49.4 Å². The molecule has 3 rings (SSSR count). The monoisotopic (exact) mass is 430 g/mol. The highest BCUT2D eigenvalue weighted by Gasteiger charge is 2.06. The van der Waals surface area contributed by atoms with E-state index in [-0.39, 0.29) is 11.8 Å². The Balaban J connectivity index is 1.59. The second-order valence-electron chi connectivity index (χ2n) is 7.27. The van der Waals surface area contributed by atoms with E-state index in [1.165, 1.54) is 18.6 Å². The van der Waals surface area contributed by atoms with Crippen LogP contribution in [0.3, 0.4) is 0 Å². The van der Waals surface area contributed by atoms with Crippen molar-refractivity contribution in [3.63, 3.8) is 0 Å². The lowest BCUT2D eigenvalue weighted by molar-refractivity contribution is -0.114. The quantitative estimate of drug-likeness (QED) is 0.482. The van der Waals surface area contributed by atoms with Crippen LogP contribution in [0.25, 0.3) is 6.08 Å². The van der Waals surface area contributed by atoms with E-state index in [4.69, 9.17) is 9.47 Å². The van der Waals surface area contributed by atoms with E-state index >= 15 is 0 Å². The van der Waals surface area contributed by atoms with E-state index in [0.29, 0.717) is 29.5 Å². The van der Waals surface area contributed by atoms with Gasteiger partial charge in [-0.1, -0.05) is 35.9 Å². The summed E-state index contributed by atoms with van der Waals surface area (Å²) in [7, 11) is 1.58. The normalized spacial score (nSPS) is 10.6. The lowest BCUT2D eigenvalue weighted by atomic mass is 10.1. The van der Waals surface area contributed by atoms with Gasteiger partial charge in [0.2, 0.25) is 11.8 Å². The van der Waals surface area contributed by atoms with Crippen LogP contribution < -0.4 is 20.1 Å². The Kier molecular flexibility index (Phi) is 7.65. The zero-order valence-electron chi connectivity index (χ0n) is 18.3. The van der Waals surface area contributed by atoms with Crippen LogP contribution in [0.4, 0.5) is 11.4 Å². The second-order valence-corrected chi connectivity index (χ2v) is 7.27. The number of carbonyl (C=O) groups excluding carboxylic acids is 2. The van der Waals surface area contributed by atoms with Crippen molar-refractivity contribution in [1.29, 1.82) is 0 Å². The Morgan fingerprint density at radius 3 is 2.16 bits per heavy atom. The average Bonchev–Trinajstić information content (AvgIpc) is 2.78. The summed E-state index contributed by atoms with van der Waals surface area (Å²) in [5.74, 6) is 0.810. The maximum Gasteiger partial charge on any atom is 0.248 e. The lowest BCUT2D eigenvalue weighted by Crippen LogP contribution is -2.08. The smallest absolute Gasteiger partial charge is 0.248 e. The number of benzene rings is 3. The summed E-state index contributed by atoms with van der Waals surface area (Å²) in [6, 6.07) is 20.6. The average molecular weight is 431 g/mol. The molecule has 0 saturated heterocycles. The maximum atomic E-state index is 12.2. The highest BCUT2D eigenvalue weighted by Crippen LogP contribution is 2.29. The minimum Gasteiger partial charge on any atom is -0.493 e. The van der Waals surface area contributed by atoms with Crippen LogP contribution in [0, 0.1) is 6.92 Å². The van der Waals surface area contributed by atoms with Crippen molar-refractivity contribution in [3.8, 4) is 11.5 Å². The summed E-state index contributed by atoms with van der Waals surface area (Å²) >= 11 is 0. The number of hydrogen-bond acceptors (Lipinski definition) is 4. The summed E-state index contributed by atoms with van der Waals surface area (Å²) < 4.78 is 11.3. The molecule has 0 saturated carbocycles. The molecule has 0 aliphatic rings. The van der Waals surface area contributed by atoms with Crippen LogP contribution in [0.1, 0.15) is 23.6 Å². The van der Waals surface area contributed by atoms with Crippen molar-refractivity contribution in [1.82, 2.24) is 0 Å². The first kappa shape index (κ1) is 22.6. The molecule has 0 heterocycles. The van der Waals surface area contributed by atoms with Gasteiger partial charge in [-0.05, 0) is 60.5 Å². The molecular weight excluding hydrogens is 404 g/mol. The number of nitrogens with one attached hydrogen (secondary N) is 2. The van der Waals surface area contributed by atoms with Gasteiger partial charge in [-0.2, -0.15) is 0 Å². The third-order valence-electron chi connectivity index (χ3n) is 4.60. The molecule has 0 radical (unpaired) electrons. The molecule has 0 aromatic heterocycles. The van der Waals surface area contributed by atoms with E-state index in [9.17, 15) is 9.59 Å². The zero-order chi connectivity index (χ0) is 22.9. The first-order chi connectivity index (χ1) is 15.4. The highest BCUT2D eigenvalue weighted by atomic mass is 16.5. The Labute approximate surface area is 187 Å². The topological polar surface area (TPSA) is 76.7 Å². The van der Waals surface area contributed by atoms with Crippen LogP contribution in [0.5, 0.6) is 11.5 Å². The second kappa shape index (κ2) is 10.8. The van der Waals surface area contributed by atoms with Crippen LogP contribution in [-0.4, -0.2) is 18.9 Å². The summed E-state index contributed by atoms with van der Waals surface area (Å²) in [5, 5.41) is 5.46. The van der Waals surface area contributed by atoms with E-state index in [1.54, 1.807) is 37.5 Å². The molecule has 0 unspecified atom stereocenters. The van der Waals surface area contributed by atoms with Crippen LogP contribution in [-0.2, 0) is 16.2 Å². The molecule has 2 N–H and O–H groups in total. The number of carbonyl (C=O) groups is 2. The Bertz CT molecular complexity index is 1100. The fourth-order valence-electron chi connectivity index (χ4n) is 2.95. The van der Waals surface area contributed by atoms with Gasteiger partial charge in [-0.3, -0.25) is 9.59 Å². The Morgan fingerprint density at radius 1 is 0.875 bits per heavy atom. The Hall–Kier alpha value is -4.06. The zero-order valence-corrected chi connectivity index (χ0v) is 18.3. The number of anilines is 2. The first-order valence-electron chi connectivity index (χ1n) is 10.2. The van der Waals surface area contributed by atoms with Crippen molar-refractivity contribution in [2.75, 3.05) is 17.7 Å². The summed E-state index contributed by atoms with van der Waals surface area (Å²) in [5.41, 5.74) is 4.38. The number of aryl methyl sites for hydroxylation is 1. The number of rotatable bonds is 8. The number of hydrogen-bond donors (Lipinski definition) is 2.